The van der Waals surface area contributed by atoms with E-state index in [4.69, 9.17) is 5.11 Å². The normalized spacial score (nSPS) is 15.8. The van der Waals surface area contributed by atoms with Gasteiger partial charge in [-0.05, 0) is 25.2 Å². The van der Waals surface area contributed by atoms with E-state index in [2.05, 4.69) is 15.0 Å². The summed E-state index contributed by atoms with van der Waals surface area (Å²) >= 11 is 0. The van der Waals surface area contributed by atoms with Crippen LogP contribution in [0.4, 0.5) is 18.9 Å². The number of nitrogens with zero attached hydrogens (tertiary/aromatic N) is 2. The molecule has 1 amide bonds. The number of halogens is 3. The molecular formula is C15H19F3LiN3O4. The third-order valence-electron chi connectivity index (χ3n) is 3.69. The molecule has 0 saturated carbocycles. The third-order valence-corrected chi connectivity index (χ3v) is 3.69. The van der Waals surface area contributed by atoms with E-state index in [0.29, 0.717) is 13.1 Å². The first-order valence-electron chi connectivity index (χ1n) is 7.48. The second kappa shape index (κ2) is 9.28. The number of aromatic carboxylic acids is 1. The van der Waals surface area contributed by atoms with Crippen LogP contribution in [-0.2, 0) is 4.79 Å². The number of amides is 1. The number of rotatable bonds is 5. The third kappa shape index (κ3) is 6.88. The number of carbonyl (C=O) groups is 2. The van der Waals surface area contributed by atoms with Crippen molar-refractivity contribution >= 4 is 36.4 Å². The fourth-order valence-corrected chi connectivity index (χ4v) is 2.37. The molecule has 0 aromatic heterocycles. The molecule has 11 heteroatoms. The van der Waals surface area contributed by atoms with Crippen molar-refractivity contribution in [3.63, 3.8) is 0 Å². The van der Waals surface area contributed by atoms with Crippen LogP contribution >= 0.6 is 0 Å². The molecule has 0 unspecified atom stereocenters. The number of nitrogens with one attached hydrogen (secondary N) is 1. The number of anilines is 1. The monoisotopic (exact) mass is 369 g/mol. The van der Waals surface area contributed by atoms with Gasteiger partial charge in [0.2, 0.25) is 5.91 Å². The van der Waals surface area contributed by atoms with Crippen molar-refractivity contribution in [3.05, 3.63) is 23.8 Å². The molecule has 0 bridgehead atoms. The maximum atomic E-state index is 12.5. The quantitative estimate of drug-likeness (QED) is 0.748. The van der Waals surface area contributed by atoms with Gasteiger partial charge in [0, 0.05) is 26.2 Å². The van der Waals surface area contributed by atoms with Crippen LogP contribution in [0.15, 0.2) is 18.2 Å². The summed E-state index contributed by atoms with van der Waals surface area (Å²) in [5, 5.41) is 11.3. The van der Waals surface area contributed by atoms with Crippen molar-refractivity contribution in [1.82, 2.24) is 9.80 Å². The fraction of sp³-hybridized carbons (Fsp3) is 0.467. The SMILES string of the molecule is CN1CCN(CC(=O)Nc2cc(C(=O)O)ccc2OC(F)(F)F)CC1.[LiH]. The molecule has 1 aromatic rings. The molecule has 0 atom stereocenters. The fourth-order valence-electron chi connectivity index (χ4n) is 2.37. The predicted octanol–water partition coefficient (Wildman–Crippen LogP) is 0.821. The van der Waals surface area contributed by atoms with Gasteiger partial charge in [-0.15, -0.1) is 13.2 Å². The zero-order valence-electron chi connectivity index (χ0n) is 13.5. The van der Waals surface area contributed by atoms with Gasteiger partial charge in [0.1, 0.15) is 0 Å². The molecule has 0 aliphatic carbocycles. The van der Waals surface area contributed by atoms with E-state index in [1.807, 2.05) is 11.9 Å². The minimum atomic E-state index is -4.96. The molecule has 140 valence electrons. The maximum absolute atomic E-state index is 12.5. The molecule has 2 rings (SSSR count). The van der Waals surface area contributed by atoms with Gasteiger partial charge in [0.25, 0.3) is 0 Å². The van der Waals surface area contributed by atoms with Crippen LogP contribution in [0.2, 0.25) is 0 Å². The van der Waals surface area contributed by atoms with Crippen molar-refractivity contribution in [1.29, 1.82) is 0 Å². The Morgan fingerprint density at radius 1 is 1.23 bits per heavy atom. The number of benzene rings is 1. The molecule has 1 heterocycles. The summed E-state index contributed by atoms with van der Waals surface area (Å²) in [7, 11) is 1.95. The second-order valence-corrected chi connectivity index (χ2v) is 5.69. The van der Waals surface area contributed by atoms with E-state index in [0.717, 1.165) is 31.3 Å². The first-order valence-corrected chi connectivity index (χ1v) is 7.48. The standard InChI is InChI=1S/C15H18F3N3O4.Li.H/c1-20-4-6-21(7-5-20)9-13(22)19-11-8-10(14(23)24)2-3-12(11)25-15(16,17)18;;/h2-3,8H,4-7,9H2,1H3,(H,19,22)(H,23,24);;. The van der Waals surface area contributed by atoms with Crippen LogP contribution in [-0.4, -0.2) is 91.8 Å². The van der Waals surface area contributed by atoms with Crippen LogP contribution in [0.25, 0.3) is 0 Å². The van der Waals surface area contributed by atoms with Gasteiger partial charge in [-0.3, -0.25) is 9.69 Å². The van der Waals surface area contributed by atoms with Crippen LogP contribution < -0.4 is 10.1 Å². The predicted molar refractivity (Wildman–Crippen MR) is 89.8 cm³/mol. The van der Waals surface area contributed by atoms with Crippen LogP contribution in [0.3, 0.4) is 0 Å². The molecule has 1 aliphatic heterocycles. The molecular weight excluding hydrogens is 350 g/mol. The van der Waals surface area contributed by atoms with E-state index in [1.165, 1.54) is 0 Å². The molecule has 26 heavy (non-hydrogen) atoms. The number of carbonyl (C=O) groups excluding carboxylic acids is 1. The Balaban J connectivity index is 0.00000338. The first kappa shape index (κ1) is 22.3. The Labute approximate surface area is 160 Å². The zero-order chi connectivity index (χ0) is 18.6. The Morgan fingerprint density at radius 2 is 1.85 bits per heavy atom. The van der Waals surface area contributed by atoms with Gasteiger partial charge in [-0.2, -0.15) is 0 Å². The first-order chi connectivity index (χ1) is 11.6. The van der Waals surface area contributed by atoms with E-state index in [-0.39, 0.29) is 36.7 Å². The molecule has 7 nitrogen and oxygen atoms in total. The van der Waals surface area contributed by atoms with Crippen molar-refractivity contribution in [3.8, 4) is 5.75 Å². The van der Waals surface area contributed by atoms with E-state index >= 15 is 0 Å². The average Bonchev–Trinajstić information content (AvgIpc) is 2.49. The van der Waals surface area contributed by atoms with Crippen LogP contribution in [0.1, 0.15) is 10.4 Å². The van der Waals surface area contributed by atoms with Crippen molar-refractivity contribution < 1.29 is 32.6 Å². The summed E-state index contributed by atoms with van der Waals surface area (Å²) in [6.07, 6.45) is -4.96. The molecule has 1 saturated heterocycles. The summed E-state index contributed by atoms with van der Waals surface area (Å²) in [6, 6.07) is 2.77. The Morgan fingerprint density at radius 3 is 2.38 bits per heavy atom. The molecule has 0 spiro atoms. The van der Waals surface area contributed by atoms with Gasteiger partial charge in [0.05, 0.1) is 17.8 Å². The molecule has 2 N–H and O–H groups in total. The second-order valence-electron chi connectivity index (χ2n) is 5.69. The van der Waals surface area contributed by atoms with Crippen molar-refractivity contribution in [2.24, 2.45) is 0 Å². The van der Waals surface area contributed by atoms with Crippen molar-refractivity contribution in [2.75, 3.05) is 45.1 Å². The number of alkyl halides is 3. The van der Waals surface area contributed by atoms with E-state index in [1.54, 1.807) is 0 Å². The summed E-state index contributed by atoms with van der Waals surface area (Å²) in [5.74, 6) is -2.53. The van der Waals surface area contributed by atoms with Gasteiger partial charge in [-0.25, -0.2) is 4.79 Å². The summed E-state index contributed by atoms with van der Waals surface area (Å²) < 4.78 is 41.2. The van der Waals surface area contributed by atoms with Crippen molar-refractivity contribution in [2.45, 2.75) is 6.36 Å². The number of piperazine rings is 1. The molecule has 1 aromatic carbocycles. The van der Waals surface area contributed by atoms with Gasteiger partial charge < -0.3 is 20.1 Å². The number of carboxylic acid groups (broad SMARTS) is 1. The molecule has 1 aliphatic rings. The minimum absolute atomic E-state index is 0. The van der Waals surface area contributed by atoms with E-state index in [9.17, 15) is 22.8 Å². The Bertz CT molecular complexity index is 650. The van der Waals surface area contributed by atoms with Gasteiger partial charge in [0.15, 0.2) is 5.75 Å². The summed E-state index contributed by atoms with van der Waals surface area (Å²) in [4.78, 5) is 27.1. The van der Waals surface area contributed by atoms with Crippen LogP contribution in [0.5, 0.6) is 5.75 Å². The van der Waals surface area contributed by atoms with E-state index < -0.39 is 24.0 Å². The van der Waals surface area contributed by atoms with Crippen LogP contribution in [0, 0.1) is 0 Å². The zero-order valence-corrected chi connectivity index (χ0v) is 13.5. The number of carboxylic acids is 1. The number of ether oxygens (including phenoxy) is 1. The van der Waals surface area contributed by atoms with Gasteiger partial charge in [-0.1, -0.05) is 0 Å². The number of likely N-dealkylation sites (N-methyl/N-ethyl adjacent to an activating group) is 1. The molecule has 1 fully saturated rings. The number of hydrogen-bond acceptors (Lipinski definition) is 5. The molecule has 0 radical (unpaired) electrons. The summed E-state index contributed by atoms with van der Waals surface area (Å²) in [6.45, 7) is 2.88. The van der Waals surface area contributed by atoms with Gasteiger partial charge >= 0.3 is 31.2 Å². The Kier molecular flexibility index (Phi) is 7.96. The number of hydrogen-bond donors (Lipinski definition) is 2. The Hall–Kier alpha value is -1.73. The summed E-state index contributed by atoms with van der Waals surface area (Å²) in [5.41, 5.74) is -0.597. The topological polar surface area (TPSA) is 82.1 Å². The average molecular weight is 369 g/mol.